The molecule has 0 bridgehead atoms. The van der Waals surface area contributed by atoms with Crippen molar-refractivity contribution in [2.75, 3.05) is 0 Å². The molecule has 4 rings (SSSR count). The molecule has 1 fully saturated rings. The Labute approximate surface area is 158 Å². The first-order valence-corrected chi connectivity index (χ1v) is 9.54. The van der Waals surface area contributed by atoms with E-state index in [0.717, 1.165) is 46.2 Å². The van der Waals surface area contributed by atoms with Gasteiger partial charge in [-0.15, -0.1) is 0 Å². The lowest BCUT2D eigenvalue weighted by Crippen LogP contribution is -2.11. The predicted octanol–water partition coefficient (Wildman–Crippen LogP) is 4.58. The van der Waals surface area contributed by atoms with Crippen LogP contribution < -0.4 is 4.74 Å². The molecule has 2 aromatic carbocycles. The molecule has 0 saturated heterocycles. The molecule has 1 aliphatic rings. The zero-order valence-electron chi connectivity index (χ0n) is 15.5. The normalized spacial score (nSPS) is 14.7. The van der Waals surface area contributed by atoms with Crippen molar-refractivity contribution in [2.45, 2.75) is 44.6 Å². The minimum absolute atomic E-state index is 0.124. The second kappa shape index (κ2) is 7.43. The minimum Gasteiger partial charge on any atom is -0.490 e. The molecule has 0 radical (unpaired) electrons. The van der Waals surface area contributed by atoms with E-state index in [-0.39, 0.29) is 12.5 Å². The Balaban J connectivity index is 1.78. The highest BCUT2D eigenvalue weighted by Gasteiger charge is 2.20. The lowest BCUT2D eigenvalue weighted by atomic mass is 9.97. The monoisotopic (exact) mass is 364 g/mol. The Morgan fingerprint density at radius 1 is 1.22 bits per heavy atom. The van der Waals surface area contributed by atoms with Gasteiger partial charge in [0.25, 0.3) is 0 Å². The summed E-state index contributed by atoms with van der Waals surface area (Å²) in [6, 6.07) is 12.2. The van der Waals surface area contributed by atoms with Gasteiger partial charge in [-0.2, -0.15) is 5.10 Å². The van der Waals surface area contributed by atoms with Crippen molar-refractivity contribution in [1.29, 1.82) is 0 Å². The summed E-state index contributed by atoms with van der Waals surface area (Å²) in [5.74, 6) is 0.0921. The number of carboxylic acids is 1. The third kappa shape index (κ3) is 3.68. The van der Waals surface area contributed by atoms with Crippen molar-refractivity contribution >= 4 is 16.9 Å². The number of nitrogens with zero attached hydrogens (tertiary/aromatic N) is 2. The van der Waals surface area contributed by atoms with E-state index in [4.69, 9.17) is 9.84 Å². The second-order valence-corrected chi connectivity index (χ2v) is 7.26. The molecule has 27 heavy (non-hydrogen) atoms. The van der Waals surface area contributed by atoms with E-state index in [1.54, 1.807) is 0 Å². The van der Waals surface area contributed by atoms with Gasteiger partial charge in [-0.3, -0.25) is 9.48 Å². The van der Waals surface area contributed by atoms with Crippen LogP contribution in [0.3, 0.4) is 0 Å². The van der Waals surface area contributed by atoms with Crippen molar-refractivity contribution in [3.05, 3.63) is 48.2 Å². The minimum atomic E-state index is -0.780. The Morgan fingerprint density at radius 2 is 2.04 bits per heavy atom. The summed E-state index contributed by atoms with van der Waals surface area (Å²) in [6.07, 6.45) is 7.41. The zero-order valence-corrected chi connectivity index (χ0v) is 15.5. The first-order valence-electron chi connectivity index (χ1n) is 9.54. The van der Waals surface area contributed by atoms with E-state index in [9.17, 15) is 4.79 Å². The molecule has 0 aliphatic heterocycles. The van der Waals surface area contributed by atoms with E-state index in [2.05, 4.69) is 23.3 Å². The Bertz CT molecular complexity index is 971. The maximum Gasteiger partial charge on any atom is 0.303 e. The fourth-order valence-corrected chi connectivity index (χ4v) is 3.90. The van der Waals surface area contributed by atoms with Crippen molar-refractivity contribution in [3.63, 3.8) is 0 Å². The SMILES string of the molecule is Cn1ncc2c(-c3cc(CCC(=O)O)ccc3OC3CCCC3)cccc21. The average molecular weight is 364 g/mol. The maximum absolute atomic E-state index is 11.0. The van der Waals surface area contributed by atoms with Crippen LogP contribution in [0.2, 0.25) is 0 Å². The number of aryl methyl sites for hydroxylation is 2. The molecule has 1 heterocycles. The number of ether oxygens (including phenoxy) is 1. The first-order chi connectivity index (χ1) is 13.1. The van der Waals surface area contributed by atoms with Gasteiger partial charge in [0.1, 0.15) is 5.75 Å². The number of aromatic nitrogens is 2. The number of fused-ring (bicyclic) bond motifs is 1. The summed E-state index contributed by atoms with van der Waals surface area (Å²) in [6.45, 7) is 0. The molecular weight excluding hydrogens is 340 g/mol. The number of carbonyl (C=O) groups is 1. The molecule has 1 aliphatic carbocycles. The molecule has 1 N–H and O–H groups in total. The first kappa shape index (κ1) is 17.6. The summed E-state index contributed by atoms with van der Waals surface area (Å²) >= 11 is 0. The highest BCUT2D eigenvalue weighted by Crippen LogP contribution is 2.37. The van der Waals surface area contributed by atoms with Gasteiger partial charge in [-0.05, 0) is 61.4 Å². The summed E-state index contributed by atoms with van der Waals surface area (Å²) in [4.78, 5) is 11.0. The second-order valence-electron chi connectivity index (χ2n) is 7.26. The zero-order chi connectivity index (χ0) is 18.8. The molecule has 0 amide bonds. The molecule has 1 aromatic heterocycles. The van der Waals surface area contributed by atoms with E-state index >= 15 is 0 Å². The fourth-order valence-electron chi connectivity index (χ4n) is 3.90. The van der Waals surface area contributed by atoms with Gasteiger partial charge < -0.3 is 9.84 Å². The Morgan fingerprint density at radius 3 is 2.81 bits per heavy atom. The van der Waals surface area contributed by atoms with Gasteiger partial charge in [-0.1, -0.05) is 18.2 Å². The van der Waals surface area contributed by atoms with Crippen LogP contribution in [0.15, 0.2) is 42.6 Å². The summed E-state index contributed by atoms with van der Waals surface area (Å²) < 4.78 is 8.22. The van der Waals surface area contributed by atoms with Crippen LogP contribution in [0, 0.1) is 0 Å². The quantitative estimate of drug-likeness (QED) is 0.695. The third-order valence-corrected chi connectivity index (χ3v) is 5.35. The molecular formula is C22H24N2O3. The lowest BCUT2D eigenvalue weighted by molar-refractivity contribution is -0.136. The van der Waals surface area contributed by atoms with Crippen LogP contribution in [-0.4, -0.2) is 27.0 Å². The predicted molar refractivity (Wildman–Crippen MR) is 105 cm³/mol. The van der Waals surface area contributed by atoms with Crippen LogP contribution >= 0.6 is 0 Å². The van der Waals surface area contributed by atoms with Crippen molar-refractivity contribution in [2.24, 2.45) is 7.05 Å². The van der Waals surface area contributed by atoms with Gasteiger partial charge in [0, 0.05) is 24.4 Å². The van der Waals surface area contributed by atoms with Crippen LogP contribution in [0.4, 0.5) is 0 Å². The number of hydrogen-bond donors (Lipinski definition) is 1. The summed E-state index contributed by atoms with van der Waals surface area (Å²) in [5.41, 5.74) is 4.16. The molecule has 0 unspecified atom stereocenters. The summed E-state index contributed by atoms with van der Waals surface area (Å²) in [7, 11) is 1.94. The molecule has 5 heteroatoms. The lowest BCUT2D eigenvalue weighted by Gasteiger charge is -2.18. The standard InChI is InChI=1S/C22H24N2O3/c1-24-20-8-4-7-17(19(20)14-23-24)18-13-15(10-12-22(25)26)9-11-21(18)27-16-5-2-3-6-16/h4,7-9,11,13-14,16H,2-3,5-6,10,12H2,1H3,(H,25,26). The number of benzene rings is 2. The van der Waals surface area contributed by atoms with Crippen molar-refractivity contribution in [1.82, 2.24) is 9.78 Å². The van der Waals surface area contributed by atoms with Gasteiger partial charge >= 0.3 is 5.97 Å². The molecule has 0 spiro atoms. The van der Waals surface area contributed by atoms with Gasteiger partial charge in [0.2, 0.25) is 0 Å². The molecule has 0 atom stereocenters. The largest absolute Gasteiger partial charge is 0.490 e. The smallest absolute Gasteiger partial charge is 0.303 e. The fraction of sp³-hybridized carbons (Fsp3) is 0.364. The average Bonchev–Trinajstić information content (AvgIpc) is 3.31. The van der Waals surface area contributed by atoms with Gasteiger partial charge in [0.15, 0.2) is 0 Å². The van der Waals surface area contributed by atoms with E-state index in [1.807, 2.05) is 36.1 Å². The third-order valence-electron chi connectivity index (χ3n) is 5.35. The topological polar surface area (TPSA) is 64.4 Å². The number of hydrogen-bond acceptors (Lipinski definition) is 3. The summed E-state index contributed by atoms with van der Waals surface area (Å²) in [5, 5.41) is 14.5. The molecule has 3 aromatic rings. The van der Waals surface area contributed by atoms with Gasteiger partial charge in [0.05, 0.1) is 17.8 Å². The Hall–Kier alpha value is -2.82. The van der Waals surface area contributed by atoms with E-state index < -0.39 is 5.97 Å². The Kier molecular flexibility index (Phi) is 4.84. The maximum atomic E-state index is 11.0. The van der Waals surface area contributed by atoms with Crippen molar-refractivity contribution < 1.29 is 14.6 Å². The highest BCUT2D eigenvalue weighted by molar-refractivity contribution is 5.96. The van der Waals surface area contributed by atoms with Crippen molar-refractivity contribution in [3.8, 4) is 16.9 Å². The highest BCUT2D eigenvalue weighted by atomic mass is 16.5. The number of rotatable bonds is 6. The van der Waals surface area contributed by atoms with Crippen LogP contribution in [0.25, 0.3) is 22.0 Å². The van der Waals surface area contributed by atoms with Gasteiger partial charge in [-0.25, -0.2) is 0 Å². The molecule has 140 valence electrons. The van der Waals surface area contributed by atoms with Crippen LogP contribution in [-0.2, 0) is 18.3 Å². The number of aliphatic carboxylic acids is 1. The number of carboxylic acid groups (broad SMARTS) is 1. The molecule has 5 nitrogen and oxygen atoms in total. The van der Waals surface area contributed by atoms with Crippen LogP contribution in [0.5, 0.6) is 5.75 Å². The van der Waals surface area contributed by atoms with Crippen LogP contribution in [0.1, 0.15) is 37.7 Å². The molecule has 1 saturated carbocycles. The van der Waals surface area contributed by atoms with E-state index in [0.29, 0.717) is 6.42 Å². The van der Waals surface area contributed by atoms with E-state index in [1.165, 1.54) is 12.8 Å².